The van der Waals surface area contributed by atoms with Crippen LogP contribution in [-0.2, 0) is 6.42 Å². The topological polar surface area (TPSA) is 25.2 Å². The molecule has 0 aliphatic heterocycles. The van der Waals surface area contributed by atoms with E-state index in [-0.39, 0.29) is 0 Å². The van der Waals surface area contributed by atoms with Crippen molar-refractivity contribution in [3.8, 4) is 0 Å². The van der Waals surface area contributed by atoms with Crippen LogP contribution in [0.4, 0.5) is 0 Å². The van der Waals surface area contributed by atoms with Gasteiger partial charge in [0.2, 0.25) is 0 Å². The molecule has 2 nitrogen and oxygen atoms in total. The molecule has 2 aromatic rings. The third-order valence-corrected chi connectivity index (χ3v) is 3.61. The average molecular weight is 257 g/mol. The second-order valence-corrected chi connectivity index (χ2v) is 5.28. The smallest absolute Gasteiger partial charge is 0.103 e. The molecule has 19 heavy (non-hydrogen) atoms. The molecule has 1 unspecified atom stereocenters. The summed E-state index contributed by atoms with van der Waals surface area (Å²) in [4.78, 5) is 0. The lowest BCUT2D eigenvalue weighted by Gasteiger charge is -2.17. The molecule has 1 N–H and O–H groups in total. The Morgan fingerprint density at radius 2 is 1.74 bits per heavy atom. The third-order valence-electron chi connectivity index (χ3n) is 3.61. The standard InChI is InChI=1S/C17H23NO/c1-13(2)14-6-8-15(9-7-14)17(18-3)11-10-16-5-4-12-19-16/h4-9,12-13,17-18H,10-11H2,1-3H3. The van der Waals surface area contributed by atoms with Gasteiger partial charge in [-0.15, -0.1) is 0 Å². The Morgan fingerprint density at radius 3 is 2.26 bits per heavy atom. The zero-order chi connectivity index (χ0) is 13.7. The predicted octanol–water partition coefficient (Wildman–Crippen LogP) is 4.30. The molecule has 0 saturated carbocycles. The fraction of sp³-hybridized carbons (Fsp3) is 0.412. The van der Waals surface area contributed by atoms with Gasteiger partial charge >= 0.3 is 0 Å². The fourth-order valence-corrected chi connectivity index (χ4v) is 2.33. The fourth-order valence-electron chi connectivity index (χ4n) is 2.33. The molecular formula is C17H23NO. The highest BCUT2D eigenvalue weighted by atomic mass is 16.3. The van der Waals surface area contributed by atoms with Crippen LogP contribution < -0.4 is 5.32 Å². The van der Waals surface area contributed by atoms with Crippen molar-refractivity contribution in [3.63, 3.8) is 0 Å². The van der Waals surface area contributed by atoms with Gasteiger partial charge in [-0.05, 0) is 42.6 Å². The lowest BCUT2D eigenvalue weighted by Crippen LogP contribution is -2.17. The Bertz CT molecular complexity index is 470. The van der Waals surface area contributed by atoms with Gasteiger partial charge < -0.3 is 9.73 Å². The lowest BCUT2D eigenvalue weighted by molar-refractivity contribution is 0.469. The molecule has 2 heteroatoms. The van der Waals surface area contributed by atoms with E-state index in [1.54, 1.807) is 6.26 Å². The Kier molecular flexibility index (Phi) is 4.80. The SMILES string of the molecule is CNC(CCc1ccco1)c1ccc(C(C)C)cc1. The molecule has 0 saturated heterocycles. The van der Waals surface area contributed by atoms with Gasteiger partial charge in [0, 0.05) is 12.5 Å². The summed E-state index contributed by atoms with van der Waals surface area (Å²) in [5.74, 6) is 1.64. The average Bonchev–Trinajstić information content (AvgIpc) is 2.93. The maximum atomic E-state index is 5.39. The maximum Gasteiger partial charge on any atom is 0.103 e. The molecule has 0 amide bonds. The molecule has 0 spiro atoms. The van der Waals surface area contributed by atoms with Gasteiger partial charge in [0.1, 0.15) is 5.76 Å². The Balaban J connectivity index is 2.00. The molecule has 1 aromatic heterocycles. The number of hydrogen-bond donors (Lipinski definition) is 1. The third kappa shape index (κ3) is 3.71. The highest BCUT2D eigenvalue weighted by Gasteiger charge is 2.10. The Morgan fingerprint density at radius 1 is 1.05 bits per heavy atom. The van der Waals surface area contributed by atoms with Crippen LogP contribution in [0.2, 0.25) is 0 Å². The summed E-state index contributed by atoms with van der Waals surface area (Å²) in [5, 5.41) is 3.39. The Hall–Kier alpha value is -1.54. The molecule has 0 aliphatic carbocycles. The van der Waals surface area contributed by atoms with Crippen molar-refractivity contribution >= 4 is 0 Å². The number of benzene rings is 1. The van der Waals surface area contributed by atoms with Crippen molar-refractivity contribution in [2.75, 3.05) is 7.05 Å². The molecule has 102 valence electrons. The second-order valence-electron chi connectivity index (χ2n) is 5.28. The minimum absolute atomic E-state index is 0.381. The van der Waals surface area contributed by atoms with Crippen LogP contribution in [0.15, 0.2) is 47.1 Å². The van der Waals surface area contributed by atoms with E-state index in [4.69, 9.17) is 4.42 Å². The summed E-state index contributed by atoms with van der Waals surface area (Å²) >= 11 is 0. The first kappa shape index (κ1) is 13.9. The van der Waals surface area contributed by atoms with Gasteiger partial charge in [-0.25, -0.2) is 0 Å². The van der Waals surface area contributed by atoms with Crippen LogP contribution in [0, 0.1) is 0 Å². The summed E-state index contributed by atoms with van der Waals surface area (Å²) in [6.45, 7) is 4.45. The van der Waals surface area contributed by atoms with E-state index in [9.17, 15) is 0 Å². The van der Waals surface area contributed by atoms with E-state index < -0.39 is 0 Å². The van der Waals surface area contributed by atoms with Crippen molar-refractivity contribution in [1.82, 2.24) is 5.32 Å². The zero-order valence-electron chi connectivity index (χ0n) is 12.0. The molecule has 0 aliphatic rings. The van der Waals surface area contributed by atoms with Crippen LogP contribution in [0.1, 0.15) is 49.1 Å². The summed E-state index contributed by atoms with van der Waals surface area (Å²) in [6, 6.07) is 13.3. The van der Waals surface area contributed by atoms with Gasteiger partial charge in [0.25, 0.3) is 0 Å². The van der Waals surface area contributed by atoms with Crippen molar-refractivity contribution in [3.05, 3.63) is 59.5 Å². The molecule has 0 bridgehead atoms. The minimum Gasteiger partial charge on any atom is -0.469 e. The van der Waals surface area contributed by atoms with Crippen molar-refractivity contribution in [2.24, 2.45) is 0 Å². The van der Waals surface area contributed by atoms with Crippen molar-refractivity contribution in [1.29, 1.82) is 0 Å². The van der Waals surface area contributed by atoms with Crippen LogP contribution >= 0.6 is 0 Å². The monoisotopic (exact) mass is 257 g/mol. The lowest BCUT2D eigenvalue weighted by atomic mass is 9.97. The molecule has 2 rings (SSSR count). The summed E-state index contributed by atoms with van der Waals surface area (Å²) in [6.07, 6.45) is 3.75. The first-order chi connectivity index (χ1) is 9.20. The highest BCUT2D eigenvalue weighted by Crippen LogP contribution is 2.22. The summed E-state index contributed by atoms with van der Waals surface area (Å²) in [5.41, 5.74) is 2.74. The number of aryl methyl sites for hydroxylation is 1. The normalized spacial score (nSPS) is 12.8. The van der Waals surface area contributed by atoms with E-state index >= 15 is 0 Å². The molecular weight excluding hydrogens is 234 g/mol. The van der Waals surface area contributed by atoms with E-state index in [0.29, 0.717) is 12.0 Å². The van der Waals surface area contributed by atoms with E-state index in [1.807, 2.05) is 19.2 Å². The molecule has 0 radical (unpaired) electrons. The van der Waals surface area contributed by atoms with Gasteiger partial charge in [-0.1, -0.05) is 38.1 Å². The van der Waals surface area contributed by atoms with Gasteiger partial charge in [0.15, 0.2) is 0 Å². The number of rotatable bonds is 6. The van der Waals surface area contributed by atoms with E-state index in [2.05, 4.69) is 43.4 Å². The molecule has 1 heterocycles. The first-order valence-corrected chi connectivity index (χ1v) is 7.00. The number of furan rings is 1. The predicted molar refractivity (Wildman–Crippen MR) is 79.4 cm³/mol. The molecule has 1 atom stereocenters. The van der Waals surface area contributed by atoms with Crippen LogP contribution in [0.25, 0.3) is 0 Å². The minimum atomic E-state index is 0.381. The second kappa shape index (κ2) is 6.58. The number of hydrogen-bond acceptors (Lipinski definition) is 2. The van der Waals surface area contributed by atoms with Gasteiger partial charge in [-0.3, -0.25) is 0 Å². The molecule has 0 fully saturated rings. The van der Waals surface area contributed by atoms with Gasteiger partial charge in [-0.2, -0.15) is 0 Å². The van der Waals surface area contributed by atoms with Crippen LogP contribution in [-0.4, -0.2) is 7.05 Å². The summed E-state index contributed by atoms with van der Waals surface area (Å²) in [7, 11) is 2.02. The summed E-state index contributed by atoms with van der Waals surface area (Å²) < 4.78 is 5.39. The van der Waals surface area contributed by atoms with Crippen molar-refractivity contribution in [2.45, 2.75) is 38.6 Å². The Labute approximate surface area is 115 Å². The zero-order valence-corrected chi connectivity index (χ0v) is 12.0. The quantitative estimate of drug-likeness (QED) is 0.834. The maximum absolute atomic E-state index is 5.39. The van der Waals surface area contributed by atoms with Gasteiger partial charge in [0.05, 0.1) is 6.26 Å². The van der Waals surface area contributed by atoms with Crippen molar-refractivity contribution < 1.29 is 4.42 Å². The first-order valence-electron chi connectivity index (χ1n) is 7.00. The number of nitrogens with one attached hydrogen (secondary N) is 1. The largest absolute Gasteiger partial charge is 0.469 e. The van der Waals surface area contributed by atoms with E-state index in [1.165, 1.54) is 11.1 Å². The molecule has 1 aromatic carbocycles. The highest BCUT2D eigenvalue weighted by molar-refractivity contribution is 5.27. The van der Waals surface area contributed by atoms with E-state index in [0.717, 1.165) is 18.6 Å². The van der Waals surface area contributed by atoms with Crippen LogP contribution in [0.5, 0.6) is 0 Å². The van der Waals surface area contributed by atoms with Crippen LogP contribution in [0.3, 0.4) is 0 Å².